The van der Waals surface area contributed by atoms with Gasteiger partial charge in [0.25, 0.3) is 0 Å². The highest BCUT2D eigenvalue weighted by atomic mass is 32.2. The van der Waals surface area contributed by atoms with Gasteiger partial charge in [0.15, 0.2) is 9.84 Å². The quantitative estimate of drug-likeness (QED) is 0.899. The van der Waals surface area contributed by atoms with Gasteiger partial charge in [-0.1, -0.05) is 19.1 Å². The molecule has 0 aliphatic carbocycles. The summed E-state index contributed by atoms with van der Waals surface area (Å²) < 4.78 is 23.2. The molecule has 5 heteroatoms. The molecule has 1 unspecified atom stereocenters. The van der Waals surface area contributed by atoms with Crippen LogP contribution in [0.2, 0.25) is 0 Å². The van der Waals surface area contributed by atoms with Gasteiger partial charge in [-0.15, -0.1) is 0 Å². The van der Waals surface area contributed by atoms with Crippen LogP contribution in [-0.4, -0.2) is 39.6 Å². The van der Waals surface area contributed by atoms with E-state index in [2.05, 4.69) is 42.3 Å². The fourth-order valence-corrected chi connectivity index (χ4v) is 4.54. The SMILES string of the molecule is CCNCc1ccc(N(C)C2CCS(=O)(=O)C2)c(C)c1. The van der Waals surface area contributed by atoms with Gasteiger partial charge in [-0.25, -0.2) is 8.42 Å². The molecule has 1 fully saturated rings. The van der Waals surface area contributed by atoms with Crippen molar-refractivity contribution >= 4 is 15.5 Å². The van der Waals surface area contributed by atoms with Gasteiger partial charge in [0.1, 0.15) is 0 Å². The van der Waals surface area contributed by atoms with Gasteiger partial charge in [-0.05, 0) is 37.1 Å². The Morgan fingerprint density at radius 3 is 2.70 bits per heavy atom. The highest BCUT2D eigenvalue weighted by Crippen LogP contribution is 2.26. The van der Waals surface area contributed by atoms with Gasteiger partial charge >= 0.3 is 0 Å². The van der Waals surface area contributed by atoms with Crippen molar-refractivity contribution in [2.45, 2.75) is 32.9 Å². The van der Waals surface area contributed by atoms with Crippen LogP contribution in [0.25, 0.3) is 0 Å². The summed E-state index contributed by atoms with van der Waals surface area (Å²) in [6.07, 6.45) is 0.734. The normalized spacial score (nSPS) is 21.1. The van der Waals surface area contributed by atoms with Crippen LogP contribution in [-0.2, 0) is 16.4 Å². The molecule has 2 rings (SSSR count). The summed E-state index contributed by atoms with van der Waals surface area (Å²) in [6, 6.07) is 6.51. The van der Waals surface area contributed by atoms with Crippen LogP contribution in [0.1, 0.15) is 24.5 Å². The highest BCUT2D eigenvalue weighted by molar-refractivity contribution is 7.91. The molecular weight excluding hydrogens is 272 g/mol. The van der Waals surface area contributed by atoms with E-state index in [4.69, 9.17) is 0 Å². The van der Waals surface area contributed by atoms with Crippen molar-refractivity contribution in [3.8, 4) is 0 Å². The Hall–Kier alpha value is -1.07. The first-order valence-electron chi connectivity index (χ1n) is 7.16. The van der Waals surface area contributed by atoms with Gasteiger partial charge < -0.3 is 10.2 Å². The standard InChI is InChI=1S/C15H24N2O2S/c1-4-16-10-13-5-6-15(12(2)9-13)17(3)14-7-8-20(18,19)11-14/h5-6,9,14,16H,4,7-8,10-11H2,1-3H3. The number of hydrogen-bond acceptors (Lipinski definition) is 4. The third-order valence-corrected chi connectivity index (χ3v) is 5.73. The van der Waals surface area contributed by atoms with Crippen molar-refractivity contribution in [1.29, 1.82) is 0 Å². The lowest BCUT2D eigenvalue weighted by Gasteiger charge is -2.27. The smallest absolute Gasteiger partial charge is 0.152 e. The van der Waals surface area contributed by atoms with Gasteiger partial charge in [-0.2, -0.15) is 0 Å². The first kappa shape index (κ1) is 15.3. The summed E-state index contributed by atoms with van der Waals surface area (Å²) in [5.41, 5.74) is 3.60. The van der Waals surface area contributed by atoms with Crippen molar-refractivity contribution < 1.29 is 8.42 Å². The fourth-order valence-electron chi connectivity index (χ4n) is 2.77. The van der Waals surface area contributed by atoms with Gasteiger partial charge in [-0.3, -0.25) is 0 Å². The second-order valence-electron chi connectivity index (χ2n) is 5.57. The number of aryl methyl sites for hydroxylation is 1. The molecule has 20 heavy (non-hydrogen) atoms. The molecule has 4 nitrogen and oxygen atoms in total. The van der Waals surface area contributed by atoms with Crippen LogP contribution in [0.5, 0.6) is 0 Å². The average molecular weight is 296 g/mol. The molecular formula is C15H24N2O2S. The monoisotopic (exact) mass is 296 g/mol. The van der Waals surface area contributed by atoms with E-state index in [1.165, 1.54) is 11.1 Å². The minimum Gasteiger partial charge on any atom is -0.370 e. The lowest BCUT2D eigenvalue weighted by molar-refractivity contribution is 0.601. The molecule has 1 aliphatic heterocycles. The predicted octanol–water partition coefficient (Wildman–Crippen LogP) is 1.73. The zero-order chi connectivity index (χ0) is 14.8. The lowest BCUT2D eigenvalue weighted by atomic mass is 10.1. The van der Waals surface area contributed by atoms with Gasteiger partial charge in [0, 0.05) is 25.3 Å². The van der Waals surface area contributed by atoms with Crippen LogP contribution in [0, 0.1) is 6.92 Å². The molecule has 1 N–H and O–H groups in total. The summed E-state index contributed by atoms with van der Waals surface area (Å²) in [7, 11) is -0.835. The molecule has 1 aliphatic rings. The molecule has 0 aromatic heterocycles. The van der Waals surface area contributed by atoms with Crippen molar-refractivity contribution in [3.63, 3.8) is 0 Å². The Morgan fingerprint density at radius 2 is 2.15 bits per heavy atom. The number of sulfone groups is 1. The van der Waals surface area contributed by atoms with E-state index >= 15 is 0 Å². The minimum absolute atomic E-state index is 0.110. The van der Waals surface area contributed by atoms with Crippen LogP contribution in [0.4, 0.5) is 5.69 Å². The first-order chi connectivity index (χ1) is 9.43. The topological polar surface area (TPSA) is 49.4 Å². The number of nitrogens with zero attached hydrogens (tertiary/aromatic N) is 1. The van der Waals surface area contributed by atoms with Crippen LogP contribution in [0.3, 0.4) is 0 Å². The highest BCUT2D eigenvalue weighted by Gasteiger charge is 2.31. The van der Waals surface area contributed by atoms with E-state index in [-0.39, 0.29) is 11.8 Å². The molecule has 0 bridgehead atoms. The van der Waals surface area contributed by atoms with Crippen molar-refractivity contribution in [1.82, 2.24) is 5.32 Å². The number of nitrogens with one attached hydrogen (secondary N) is 1. The Kier molecular flexibility index (Phi) is 4.70. The van der Waals surface area contributed by atoms with E-state index < -0.39 is 9.84 Å². The molecule has 112 valence electrons. The predicted molar refractivity (Wildman–Crippen MR) is 84.0 cm³/mol. The maximum atomic E-state index is 11.6. The minimum atomic E-state index is -2.83. The van der Waals surface area contributed by atoms with Gasteiger partial charge in [0.2, 0.25) is 0 Å². The number of anilines is 1. The molecule has 0 amide bonds. The summed E-state index contributed by atoms with van der Waals surface area (Å²) in [5, 5.41) is 3.31. The zero-order valence-corrected chi connectivity index (χ0v) is 13.3. The number of hydrogen-bond donors (Lipinski definition) is 1. The van der Waals surface area contributed by atoms with E-state index in [9.17, 15) is 8.42 Å². The zero-order valence-electron chi connectivity index (χ0n) is 12.5. The van der Waals surface area contributed by atoms with Gasteiger partial charge in [0.05, 0.1) is 11.5 Å². The number of rotatable bonds is 5. The Bertz CT molecular complexity index is 569. The first-order valence-corrected chi connectivity index (χ1v) is 8.98. The molecule has 0 saturated carbocycles. The summed E-state index contributed by atoms with van der Waals surface area (Å²) >= 11 is 0. The lowest BCUT2D eigenvalue weighted by Crippen LogP contribution is -2.33. The van der Waals surface area contributed by atoms with E-state index in [1.807, 2.05) is 7.05 Å². The third kappa shape index (κ3) is 3.52. The second kappa shape index (κ2) is 6.14. The fraction of sp³-hybridized carbons (Fsp3) is 0.600. The van der Waals surface area contributed by atoms with Crippen LogP contribution < -0.4 is 10.2 Å². The third-order valence-electron chi connectivity index (χ3n) is 3.98. The van der Waals surface area contributed by atoms with Crippen LogP contribution in [0.15, 0.2) is 18.2 Å². The van der Waals surface area contributed by atoms with E-state index in [0.717, 1.165) is 25.2 Å². The van der Waals surface area contributed by atoms with E-state index in [1.54, 1.807) is 0 Å². The largest absolute Gasteiger partial charge is 0.370 e. The van der Waals surface area contributed by atoms with Crippen molar-refractivity contribution in [2.75, 3.05) is 30.0 Å². The Labute approximate surface area is 122 Å². The van der Waals surface area contributed by atoms with E-state index in [0.29, 0.717) is 5.75 Å². The van der Waals surface area contributed by atoms with Crippen molar-refractivity contribution in [2.24, 2.45) is 0 Å². The Balaban J connectivity index is 2.12. The molecule has 0 radical (unpaired) electrons. The summed E-state index contributed by atoms with van der Waals surface area (Å²) in [4.78, 5) is 2.12. The van der Waals surface area contributed by atoms with Crippen molar-refractivity contribution in [3.05, 3.63) is 29.3 Å². The molecule has 1 aromatic rings. The van der Waals surface area contributed by atoms with Crippen LogP contribution >= 0.6 is 0 Å². The number of benzene rings is 1. The molecule has 1 aromatic carbocycles. The maximum absolute atomic E-state index is 11.6. The molecule has 1 heterocycles. The molecule has 1 atom stereocenters. The molecule has 0 spiro atoms. The summed E-state index contributed by atoms with van der Waals surface area (Å²) in [6.45, 7) is 6.01. The second-order valence-corrected chi connectivity index (χ2v) is 7.80. The molecule has 1 saturated heterocycles. The Morgan fingerprint density at radius 1 is 1.40 bits per heavy atom. The average Bonchev–Trinajstić information content (AvgIpc) is 2.76. The maximum Gasteiger partial charge on any atom is 0.152 e. The summed E-state index contributed by atoms with van der Waals surface area (Å²) in [5.74, 6) is 0.599.